The lowest BCUT2D eigenvalue weighted by molar-refractivity contribution is 0.248. The van der Waals surface area contributed by atoms with Crippen LogP contribution in [0.25, 0.3) is 10.2 Å². The third kappa shape index (κ3) is 4.59. The Morgan fingerprint density at radius 3 is 2.75 bits per heavy atom. The van der Waals surface area contributed by atoms with Crippen molar-refractivity contribution in [1.82, 2.24) is 9.66 Å². The molecule has 0 fully saturated rings. The third-order valence-corrected chi connectivity index (χ3v) is 5.19. The van der Waals surface area contributed by atoms with E-state index in [4.69, 9.17) is 9.47 Å². The van der Waals surface area contributed by atoms with Gasteiger partial charge >= 0.3 is 0 Å². The van der Waals surface area contributed by atoms with Gasteiger partial charge in [-0.1, -0.05) is 20.8 Å². The molecule has 0 bridgehead atoms. The Bertz CT molecular complexity index is 1040. The van der Waals surface area contributed by atoms with Crippen LogP contribution in [-0.4, -0.2) is 29.1 Å². The molecule has 0 spiro atoms. The molecule has 0 aliphatic carbocycles. The van der Waals surface area contributed by atoms with Gasteiger partial charge in [0.1, 0.15) is 11.2 Å². The molecule has 1 aromatic carbocycles. The van der Waals surface area contributed by atoms with Crippen molar-refractivity contribution in [3.8, 4) is 11.5 Å². The first kappa shape index (κ1) is 20.1. The molecule has 0 aliphatic heterocycles. The highest BCUT2D eigenvalue weighted by Crippen LogP contribution is 2.28. The van der Waals surface area contributed by atoms with Crippen molar-refractivity contribution >= 4 is 27.8 Å². The van der Waals surface area contributed by atoms with E-state index in [1.807, 2.05) is 31.2 Å². The summed E-state index contributed by atoms with van der Waals surface area (Å²) in [6.07, 6.45) is 3.96. The number of hydrogen-bond acceptors (Lipinski definition) is 6. The number of ether oxygens (including phenoxy) is 2. The van der Waals surface area contributed by atoms with Gasteiger partial charge in [-0.25, -0.2) is 4.98 Å². The summed E-state index contributed by atoms with van der Waals surface area (Å²) in [6.45, 7) is 9.35. The molecule has 0 amide bonds. The van der Waals surface area contributed by atoms with E-state index in [2.05, 4.69) is 30.9 Å². The second kappa shape index (κ2) is 9.01. The number of nitrogens with zero attached hydrogens (tertiary/aromatic N) is 3. The number of aromatic nitrogens is 2. The zero-order valence-electron chi connectivity index (χ0n) is 16.6. The van der Waals surface area contributed by atoms with Crippen LogP contribution in [0.2, 0.25) is 0 Å². The number of benzene rings is 1. The van der Waals surface area contributed by atoms with Gasteiger partial charge in [-0.3, -0.25) is 4.79 Å². The lowest BCUT2D eigenvalue weighted by atomic mass is 10.2. The fraction of sp³-hybridized carbons (Fsp3) is 0.381. The van der Waals surface area contributed by atoms with Gasteiger partial charge in [0.25, 0.3) is 5.56 Å². The minimum absolute atomic E-state index is 0.167. The predicted molar refractivity (Wildman–Crippen MR) is 114 cm³/mol. The van der Waals surface area contributed by atoms with E-state index in [0.29, 0.717) is 36.0 Å². The summed E-state index contributed by atoms with van der Waals surface area (Å²) in [5.41, 5.74) is 0.644. The summed E-state index contributed by atoms with van der Waals surface area (Å²) in [5.74, 6) is 1.80. The molecule has 0 N–H and O–H groups in total. The van der Waals surface area contributed by atoms with Crippen LogP contribution in [0.4, 0.5) is 0 Å². The van der Waals surface area contributed by atoms with Gasteiger partial charge in [0.2, 0.25) is 0 Å². The molecule has 0 saturated heterocycles. The maximum Gasteiger partial charge on any atom is 0.282 e. The topological polar surface area (TPSA) is 65.7 Å². The highest BCUT2D eigenvalue weighted by molar-refractivity contribution is 7.18. The van der Waals surface area contributed by atoms with E-state index in [1.54, 1.807) is 17.6 Å². The Labute approximate surface area is 168 Å². The molecule has 0 saturated carbocycles. The van der Waals surface area contributed by atoms with E-state index < -0.39 is 0 Å². The quantitative estimate of drug-likeness (QED) is 0.529. The van der Waals surface area contributed by atoms with Gasteiger partial charge in [-0.15, -0.1) is 11.3 Å². The molecule has 3 rings (SSSR count). The van der Waals surface area contributed by atoms with E-state index in [-0.39, 0.29) is 5.56 Å². The van der Waals surface area contributed by atoms with Crippen LogP contribution in [0.3, 0.4) is 0 Å². The van der Waals surface area contributed by atoms with Crippen molar-refractivity contribution in [2.45, 2.75) is 34.1 Å². The SMILES string of the molecule is CCOc1cc(/C=N\n2cnc3sc(CC)cc3c2=O)ccc1OCC(C)C. The Morgan fingerprint density at radius 2 is 2.04 bits per heavy atom. The van der Waals surface area contributed by atoms with Crippen molar-refractivity contribution in [3.63, 3.8) is 0 Å². The molecule has 0 atom stereocenters. The number of hydrogen-bond donors (Lipinski definition) is 0. The molecule has 2 heterocycles. The van der Waals surface area contributed by atoms with E-state index in [0.717, 1.165) is 21.7 Å². The molecule has 7 heteroatoms. The second-order valence-electron chi connectivity index (χ2n) is 6.77. The van der Waals surface area contributed by atoms with Crippen LogP contribution in [-0.2, 0) is 6.42 Å². The van der Waals surface area contributed by atoms with Crippen LogP contribution >= 0.6 is 11.3 Å². The number of rotatable bonds is 8. The fourth-order valence-corrected chi connectivity index (χ4v) is 3.52. The van der Waals surface area contributed by atoms with Crippen LogP contribution in [0, 0.1) is 5.92 Å². The monoisotopic (exact) mass is 399 g/mol. The predicted octanol–water partition coefficient (Wildman–Crippen LogP) is 4.34. The smallest absolute Gasteiger partial charge is 0.282 e. The zero-order valence-corrected chi connectivity index (χ0v) is 17.5. The van der Waals surface area contributed by atoms with Gasteiger partial charge in [-0.2, -0.15) is 9.78 Å². The van der Waals surface area contributed by atoms with Crippen molar-refractivity contribution < 1.29 is 9.47 Å². The maximum atomic E-state index is 12.6. The third-order valence-electron chi connectivity index (χ3n) is 4.01. The Hall–Kier alpha value is -2.67. The number of thiophene rings is 1. The molecule has 0 radical (unpaired) electrons. The zero-order chi connectivity index (χ0) is 20.1. The highest BCUT2D eigenvalue weighted by Gasteiger charge is 2.09. The van der Waals surface area contributed by atoms with Gasteiger partial charge in [0, 0.05) is 4.88 Å². The lowest BCUT2D eigenvalue weighted by Crippen LogP contribution is -2.16. The van der Waals surface area contributed by atoms with E-state index in [1.165, 1.54) is 11.0 Å². The average molecular weight is 400 g/mol. The number of aryl methyl sites for hydroxylation is 1. The van der Waals surface area contributed by atoms with Crippen LogP contribution < -0.4 is 15.0 Å². The van der Waals surface area contributed by atoms with Crippen molar-refractivity contribution in [1.29, 1.82) is 0 Å². The van der Waals surface area contributed by atoms with Crippen LogP contribution in [0.15, 0.2) is 40.5 Å². The normalized spacial score (nSPS) is 11.6. The largest absolute Gasteiger partial charge is 0.490 e. The maximum absolute atomic E-state index is 12.6. The molecule has 2 aromatic heterocycles. The van der Waals surface area contributed by atoms with Gasteiger partial charge in [0.05, 0.1) is 24.8 Å². The fourth-order valence-electron chi connectivity index (χ4n) is 2.60. The molecular formula is C21H25N3O3S. The van der Waals surface area contributed by atoms with Gasteiger partial charge in [-0.05, 0) is 49.1 Å². The highest BCUT2D eigenvalue weighted by atomic mass is 32.1. The Kier molecular flexibility index (Phi) is 6.46. The van der Waals surface area contributed by atoms with E-state index in [9.17, 15) is 4.79 Å². The summed E-state index contributed by atoms with van der Waals surface area (Å²) < 4.78 is 12.8. The minimum Gasteiger partial charge on any atom is -0.490 e. The summed E-state index contributed by atoms with van der Waals surface area (Å²) >= 11 is 1.54. The molecular weight excluding hydrogens is 374 g/mol. The molecule has 6 nitrogen and oxygen atoms in total. The minimum atomic E-state index is -0.167. The first-order valence-electron chi connectivity index (χ1n) is 9.45. The molecule has 0 aliphatic rings. The lowest BCUT2D eigenvalue weighted by Gasteiger charge is -2.13. The summed E-state index contributed by atoms with van der Waals surface area (Å²) in [7, 11) is 0. The molecule has 3 aromatic rings. The average Bonchev–Trinajstić information content (AvgIpc) is 3.11. The molecule has 148 valence electrons. The van der Waals surface area contributed by atoms with Crippen molar-refractivity contribution in [2.24, 2.45) is 11.0 Å². The second-order valence-corrected chi connectivity index (χ2v) is 7.88. The Morgan fingerprint density at radius 1 is 1.21 bits per heavy atom. The van der Waals surface area contributed by atoms with Gasteiger partial charge < -0.3 is 9.47 Å². The number of fused-ring (bicyclic) bond motifs is 1. The van der Waals surface area contributed by atoms with Crippen molar-refractivity contribution in [2.75, 3.05) is 13.2 Å². The molecule has 28 heavy (non-hydrogen) atoms. The Balaban J connectivity index is 1.87. The van der Waals surface area contributed by atoms with Gasteiger partial charge in [0.15, 0.2) is 11.5 Å². The molecule has 0 unspecified atom stereocenters. The summed E-state index contributed by atoms with van der Waals surface area (Å²) in [6, 6.07) is 7.51. The first-order chi connectivity index (χ1) is 13.5. The van der Waals surface area contributed by atoms with E-state index >= 15 is 0 Å². The van der Waals surface area contributed by atoms with Crippen LogP contribution in [0.5, 0.6) is 11.5 Å². The van der Waals surface area contributed by atoms with Crippen LogP contribution in [0.1, 0.15) is 38.1 Å². The standard InChI is InChI=1S/C21H25N3O3S/c1-5-16-10-17-20(28-16)22-13-24(21(17)25)23-11-15-7-8-18(27-12-14(3)4)19(9-15)26-6-2/h7-11,13-14H,5-6,12H2,1-4H3/b23-11-. The van der Waals surface area contributed by atoms with Crippen molar-refractivity contribution in [3.05, 3.63) is 51.4 Å². The summed E-state index contributed by atoms with van der Waals surface area (Å²) in [5, 5.41) is 4.90. The first-order valence-corrected chi connectivity index (χ1v) is 10.3. The summed E-state index contributed by atoms with van der Waals surface area (Å²) in [4.78, 5) is 18.9.